The van der Waals surface area contributed by atoms with Crippen molar-refractivity contribution in [2.75, 3.05) is 19.8 Å². The molecule has 0 N–H and O–H groups in total. The zero-order chi connectivity index (χ0) is 18.4. The number of hydrogen-bond acceptors (Lipinski definition) is 6. The number of hydrogen-bond donors (Lipinski definition) is 0. The van der Waals surface area contributed by atoms with Gasteiger partial charge in [0.1, 0.15) is 18.4 Å². The fraction of sp³-hybridized carbons (Fsp3) is 0.263. The van der Waals surface area contributed by atoms with E-state index in [4.69, 9.17) is 35.8 Å². The molecule has 1 aliphatic heterocycles. The monoisotopic (exact) mass is 373 g/mol. The maximum atomic E-state index is 11.9. The van der Waals surface area contributed by atoms with Crippen LogP contribution in [-0.4, -0.2) is 25.8 Å². The van der Waals surface area contributed by atoms with Crippen LogP contribution in [0.3, 0.4) is 0 Å². The Kier molecular flexibility index (Phi) is 5.82. The summed E-state index contributed by atoms with van der Waals surface area (Å²) in [5.74, 6) is 0.836. The maximum Gasteiger partial charge on any atom is 0.344 e. The van der Waals surface area contributed by atoms with Gasteiger partial charge in [0.2, 0.25) is 0 Å². The average molecular weight is 374 g/mol. The van der Waals surface area contributed by atoms with Crippen LogP contribution >= 0.6 is 11.6 Å². The van der Waals surface area contributed by atoms with Gasteiger partial charge in [-0.1, -0.05) is 23.7 Å². The fourth-order valence-corrected chi connectivity index (χ4v) is 2.68. The Morgan fingerprint density at radius 1 is 1.23 bits per heavy atom. The molecular weight excluding hydrogens is 358 g/mol. The molecule has 0 radical (unpaired) electrons. The average Bonchev–Trinajstić information content (AvgIpc) is 2.91. The Bertz CT molecular complexity index is 846. The number of rotatable bonds is 5. The third-order valence-corrected chi connectivity index (χ3v) is 3.90. The number of halogens is 1. The van der Waals surface area contributed by atoms with Crippen molar-refractivity contribution in [1.82, 2.24) is 0 Å². The van der Waals surface area contributed by atoms with Crippen molar-refractivity contribution in [2.24, 2.45) is 0 Å². The van der Waals surface area contributed by atoms with Gasteiger partial charge in [0.15, 0.2) is 18.1 Å². The quantitative estimate of drug-likeness (QED) is 0.746. The van der Waals surface area contributed by atoms with Gasteiger partial charge in [-0.25, -0.2) is 4.79 Å². The number of carbonyl (C=O) groups excluding carboxylic acids is 1. The van der Waals surface area contributed by atoms with Gasteiger partial charge in [0.25, 0.3) is 0 Å². The fourth-order valence-electron chi connectivity index (χ4n) is 2.39. The smallest absolute Gasteiger partial charge is 0.344 e. The minimum Gasteiger partial charge on any atom is -0.489 e. The van der Waals surface area contributed by atoms with E-state index >= 15 is 0 Å². The van der Waals surface area contributed by atoms with E-state index in [9.17, 15) is 4.79 Å². The second-order valence-electron chi connectivity index (χ2n) is 5.51. The summed E-state index contributed by atoms with van der Waals surface area (Å²) in [5.41, 5.74) is 1.04. The lowest BCUT2D eigenvalue weighted by Crippen LogP contribution is -2.15. The van der Waals surface area contributed by atoms with Gasteiger partial charge in [0, 0.05) is 6.42 Å². The molecule has 0 aliphatic carbocycles. The number of para-hydroxylation sites is 1. The van der Waals surface area contributed by atoms with Gasteiger partial charge in [-0.2, -0.15) is 5.26 Å². The van der Waals surface area contributed by atoms with Crippen LogP contribution in [0.25, 0.3) is 0 Å². The first kappa shape index (κ1) is 17.9. The summed E-state index contributed by atoms with van der Waals surface area (Å²) >= 11 is 6.21. The van der Waals surface area contributed by atoms with Gasteiger partial charge in [-0.3, -0.25) is 0 Å². The van der Waals surface area contributed by atoms with Gasteiger partial charge in [0.05, 0.1) is 23.8 Å². The van der Waals surface area contributed by atoms with Crippen LogP contribution in [0.2, 0.25) is 5.02 Å². The summed E-state index contributed by atoms with van der Waals surface area (Å²) in [6, 6.07) is 12.1. The van der Waals surface area contributed by atoms with Crippen LogP contribution in [0.1, 0.15) is 17.5 Å². The Morgan fingerprint density at radius 2 is 2.04 bits per heavy atom. The predicted octanol–water partition coefficient (Wildman–Crippen LogP) is 3.50. The number of esters is 1. The molecule has 1 heterocycles. The van der Waals surface area contributed by atoms with Gasteiger partial charge in [-0.05, 0) is 29.8 Å². The molecule has 0 aromatic heterocycles. The Morgan fingerprint density at radius 3 is 2.88 bits per heavy atom. The third kappa shape index (κ3) is 4.38. The molecule has 0 saturated carbocycles. The number of nitriles is 1. The molecule has 0 unspecified atom stereocenters. The van der Waals surface area contributed by atoms with Gasteiger partial charge in [-0.15, -0.1) is 0 Å². The highest BCUT2D eigenvalue weighted by Crippen LogP contribution is 2.38. The lowest BCUT2D eigenvalue weighted by molar-refractivity contribution is -0.147. The van der Waals surface area contributed by atoms with Crippen LogP contribution < -0.4 is 14.2 Å². The summed E-state index contributed by atoms with van der Waals surface area (Å²) in [4.78, 5) is 11.9. The highest BCUT2D eigenvalue weighted by Gasteiger charge is 2.16. The molecule has 6 nitrogen and oxygen atoms in total. The highest BCUT2D eigenvalue weighted by atomic mass is 35.5. The molecule has 0 spiro atoms. The van der Waals surface area contributed by atoms with Crippen LogP contribution in [-0.2, 0) is 16.1 Å². The molecule has 26 heavy (non-hydrogen) atoms. The molecule has 134 valence electrons. The lowest BCUT2D eigenvalue weighted by atomic mass is 10.2. The van der Waals surface area contributed by atoms with E-state index in [0.29, 0.717) is 46.6 Å². The summed E-state index contributed by atoms with van der Waals surface area (Å²) in [6.07, 6.45) is 0.775. The third-order valence-electron chi connectivity index (χ3n) is 3.61. The van der Waals surface area contributed by atoms with Crippen molar-refractivity contribution in [3.05, 3.63) is 52.5 Å². The second-order valence-corrected chi connectivity index (χ2v) is 5.92. The molecular formula is C19H16ClNO5. The number of benzene rings is 2. The molecule has 2 aromatic carbocycles. The number of nitrogens with zero attached hydrogens (tertiary/aromatic N) is 1. The molecule has 0 bridgehead atoms. The zero-order valence-corrected chi connectivity index (χ0v) is 14.6. The number of fused-ring (bicyclic) bond motifs is 1. The summed E-state index contributed by atoms with van der Waals surface area (Å²) in [6.45, 7) is 0.816. The molecule has 0 saturated heterocycles. The molecule has 3 rings (SSSR count). The van der Waals surface area contributed by atoms with E-state index in [1.165, 1.54) is 0 Å². The van der Waals surface area contributed by atoms with Crippen molar-refractivity contribution >= 4 is 17.6 Å². The van der Waals surface area contributed by atoms with Crippen molar-refractivity contribution in [3.8, 4) is 23.3 Å². The van der Waals surface area contributed by atoms with Crippen molar-refractivity contribution in [2.45, 2.75) is 13.0 Å². The summed E-state index contributed by atoms with van der Waals surface area (Å²) in [5, 5.41) is 9.41. The molecule has 2 aromatic rings. The van der Waals surface area contributed by atoms with E-state index in [0.717, 1.165) is 6.42 Å². The lowest BCUT2D eigenvalue weighted by Gasteiger charge is -2.12. The van der Waals surface area contributed by atoms with Crippen molar-refractivity contribution in [1.29, 1.82) is 5.26 Å². The highest BCUT2D eigenvalue weighted by molar-refractivity contribution is 6.32. The van der Waals surface area contributed by atoms with Gasteiger partial charge >= 0.3 is 5.97 Å². The first-order valence-corrected chi connectivity index (χ1v) is 8.41. The van der Waals surface area contributed by atoms with Crippen molar-refractivity contribution < 1.29 is 23.7 Å². The molecule has 1 aliphatic rings. The standard InChI is InChI=1S/C19H16ClNO5/c20-15-8-13(9-17-19(15)24-7-3-6-23-17)11-26-18(22)12-25-16-5-2-1-4-14(16)10-21/h1-2,4-5,8-9H,3,6-7,11-12H2. The van der Waals surface area contributed by atoms with Gasteiger partial charge < -0.3 is 18.9 Å². The zero-order valence-electron chi connectivity index (χ0n) is 13.9. The van der Waals surface area contributed by atoms with Crippen molar-refractivity contribution in [3.63, 3.8) is 0 Å². The SMILES string of the molecule is N#Cc1ccccc1OCC(=O)OCc1cc(Cl)c2c(c1)OCCCO2. The molecule has 0 atom stereocenters. The van der Waals surface area contributed by atoms with E-state index in [1.807, 2.05) is 6.07 Å². The predicted molar refractivity (Wildman–Crippen MR) is 93.5 cm³/mol. The van der Waals surface area contributed by atoms with Crippen LogP contribution in [0, 0.1) is 11.3 Å². The first-order chi connectivity index (χ1) is 12.7. The minimum absolute atomic E-state index is 0.0262. The molecule has 0 amide bonds. The Balaban J connectivity index is 1.57. The normalized spacial score (nSPS) is 12.6. The summed E-state index contributed by atoms with van der Waals surface area (Å²) < 4.78 is 21.7. The Labute approximate surface area is 155 Å². The van der Waals surface area contributed by atoms with E-state index in [1.54, 1.807) is 36.4 Å². The van der Waals surface area contributed by atoms with E-state index in [2.05, 4.69) is 0 Å². The minimum atomic E-state index is -0.555. The van der Waals surface area contributed by atoms with Crippen LogP contribution in [0.15, 0.2) is 36.4 Å². The second kappa shape index (κ2) is 8.45. The summed E-state index contributed by atoms with van der Waals surface area (Å²) in [7, 11) is 0. The molecule has 0 fully saturated rings. The largest absolute Gasteiger partial charge is 0.489 e. The first-order valence-electron chi connectivity index (χ1n) is 8.03. The number of carbonyl (C=O) groups is 1. The maximum absolute atomic E-state index is 11.9. The van der Waals surface area contributed by atoms with Crippen LogP contribution in [0.4, 0.5) is 0 Å². The topological polar surface area (TPSA) is 77.8 Å². The van der Waals surface area contributed by atoms with E-state index in [-0.39, 0.29) is 13.2 Å². The molecule has 7 heteroatoms. The Hall–Kier alpha value is -2.91. The van der Waals surface area contributed by atoms with E-state index < -0.39 is 5.97 Å². The van der Waals surface area contributed by atoms with Crippen LogP contribution in [0.5, 0.6) is 17.2 Å². The number of ether oxygens (including phenoxy) is 4.